The summed E-state index contributed by atoms with van der Waals surface area (Å²) in [6, 6.07) is 0. The summed E-state index contributed by atoms with van der Waals surface area (Å²) in [5.74, 6) is 0. The van der Waals surface area contributed by atoms with Crippen LogP contribution in [0.3, 0.4) is 0 Å². The van der Waals surface area contributed by atoms with E-state index in [1.165, 1.54) is 6.42 Å². The van der Waals surface area contributed by atoms with Crippen molar-refractivity contribution >= 4 is 0 Å². The average molecular weight is 172 g/mol. The van der Waals surface area contributed by atoms with Crippen LogP contribution in [0, 0.1) is 0 Å². The summed E-state index contributed by atoms with van der Waals surface area (Å²) in [6.45, 7) is 7.30. The molecule has 1 aliphatic heterocycles. The third-order valence-electron chi connectivity index (χ3n) is 2.14. The molecule has 1 fully saturated rings. The van der Waals surface area contributed by atoms with Gasteiger partial charge >= 0.3 is 0 Å². The van der Waals surface area contributed by atoms with Gasteiger partial charge in [0.25, 0.3) is 0 Å². The van der Waals surface area contributed by atoms with Gasteiger partial charge in [-0.05, 0) is 20.0 Å². The summed E-state index contributed by atoms with van der Waals surface area (Å²) in [7, 11) is 2.15. The third-order valence-corrected chi connectivity index (χ3v) is 2.14. The fourth-order valence-electron chi connectivity index (χ4n) is 1.43. The second-order valence-corrected chi connectivity index (χ2v) is 3.46. The fraction of sp³-hybridized carbons (Fsp3) is 1.00. The van der Waals surface area contributed by atoms with E-state index in [4.69, 9.17) is 4.74 Å². The lowest BCUT2D eigenvalue weighted by atomic mass is 10.3. The first kappa shape index (κ1) is 9.96. The molecule has 0 aromatic rings. The summed E-state index contributed by atoms with van der Waals surface area (Å²) in [4.78, 5) is 2.32. The summed E-state index contributed by atoms with van der Waals surface area (Å²) in [6.07, 6.45) is 1.60. The monoisotopic (exact) mass is 172 g/mol. The van der Waals surface area contributed by atoms with Crippen molar-refractivity contribution in [3.05, 3.63) is 0 Å². The number of nitrogens with one attached hydrogen (secondary N) is 1. The zero-order valence-electron chi connectivity index (χ0n) is 8.18. The highest BCUT2D eigenvalue weighted by Gasteiger charge is 2.16. The Kier molecular flexibility index (Phi) is 4.58. The van der Waals surface area contributed by atoms with Gasteiger partial charge in [-0.15, -0.1) is 0 Å². The Labute approximate surface area is 75.1 Å². The van der Waals surface area contributed by atoms with Crippen molar-refractivity contribution in [2.45, 2.75) is 19.4 Å². The lowest BCUT2D eigenvalue weighted by Crippen LogP contribution is -2.44. The highest BCUT2D eigenvalue weighted by molar-refractivity contribution is 4.70. The molecule has 0 saturated carbocycles. The van der Waals surface area contributed by atoms with Gasteiger partial charge in [0, 0.05) is 19.6 Å². The van der Waals surface area contributed by atoms with Crippen LogP contribution in [0.25, 0.3) is 0 Å². The number of hydrogen-bond acceptors (Lipinski definition) is 3. The van der Waals surface area contributed by atoms with Crippen molar-refractivity contribution in [3.8, 4) is 0 Å². The van der Waals surface area contributed by atoms with Crippen LogP contribution in [-0.2, 0) is 4.74 Å². The van der Waals surface area contributed by atoms with Crippen molar-refractivity contribution in [1.29, 1.82) is 0 Å². The maximum absolute atomic E-state index is 5.59. The van der Waals surface area contributed by atoms with Gasteiger partial charge in [-0.2, -0.15) is 0 Å². The van der Waals surface area contributed by atoms with Crippen LogP contribution in [0.1, 0.15) is 13.3 Å². The van der Waals surface area contributed by atoms with Crippen molar-refractivity contribution in [3.63, 3.8) is 0 Å². The zero-order chi connectivity index (χ0) is 8.81. The van der Waals surface area contributed by atoms with Crippen molar-refractivity contribution in [2.24, 2.45) is 0 Å². The van der Waals surface area contributed by atoms with Gasteiger partial charge in [-0.3, -0.25) is 0 Å². The molecule has 0 aromatic carbocycles. The molecule has 12 heavy (non-hydrogen) atoms. The highest BCUT2D eigenvalue weighted by Crippen LogP contribution is 2.01. The Balaban J connectivity index is 2.06. The standard InChI is InChI=1S/C9H20N2O/c1-3-4-10-7-9-8-11(2)5-6-12-9/h9-10H,3-8H2,1-2H3/t9-/m0/s1. The second kappa shape index (κ2) is 5.51. The third kappa shape index (κ3) is 3.52. The lowest BCUT2D eigenvalue weighted by molar-refractivity contribution is -0.0179. The number of morpholine rings is 1. The maximum Gasteiger partial charge on any atom is 0.0826 e. The summed E-state index contributed by atoms with van der Waals surface area (Å²) in [5.41, 5.74) is 0. The SMILES string of the molecule is CCCNC[C@H]1CN(C)CCO1. The first-order valence-electron chi connectivity index (χ1n) is 4.83. The molecule has 1 atom stereocenters. The fourth-order valence-corrected chi connectivity index (χ4v) is 1.43. The number of hydrogen-bond donors (Lipinski definition) is 1. The lowest BCUT2D eigenvalue weighted by Gasteiger charge is -2.30. The first-order valence-corrected chi connectivity index (χ1v) is 4.83. The predicted octanol–water partition coefficient (Wildman–Crippen LogP) is 0.317. The van der Waals surface area contributed by atoms with E-state index in [1.54, 1.807) is 0 Å². The van der Waals surface area contributed by atoms with Crippen LogP contribution < -0.4 is 5.32 Å². The normalized spacial score (nSPS) is 26.0. The average Bonchev–Trinajstić information content (AvgIpc) is 2.05. The van der Waals surface area contributed by atoms with Gasteiger partial charge in [0.2, 0.25) is 0 Å². The second-order valence-electron chi connectivity index (χ2n) is 3.46. The van der Waals surface area contributed by atoms with E-state index in [1.807, 2.05) is 0 Å². The van der Waals surface area contributed by atoms with Gasteiger partial charge in [-0.25, -0.2) is 0 Å². The molecule has 3 heteroatoms. The molecule has 72 valence electrons. The minimum Gasteiger partial charge on any atom is -0.374 e. The molecule has 0 aliphatic carbocycles. The van der Waals surface area contributed by atoms with Crippen molar-refractivity contribution in [2.75, 3.05) is 39.8 Å². The van der Waals surface area contributed by atoms with E-state index in [2.05, 4.69) is 24.2 Å². The van der Waals surface area contributed by atoms with Crippen LogP contribution in [0.5, 0.6) is 0 Å². The van der Waals surface area contributed by atoms with Gasteiger partial charge in [0.15, 0.2) is 0 Å². The number of likely N-dealkylation sites (N-methyl/N-ethyl adjacent to an activating group) is 1. The quantitative estimate of drug-likeness (QED) is 0.618. The van der Waals surface area contributed by atoms with E-state index in [0.717, 1.165) is 32.8 Å². The Morgan fingerprint density at radius 3 is 3.08 bits per heavy atom. The zero-order valence-corrected chi connectivity index (χ0v) is 8.18. The van der Waals surface area contributed by atoms with E-state index in [0.29, 0.717) is 6.10 Å². The topological polar surface area (TPSA) is 24.5 Å². The number of nitrogens with zero attached hydrogens (tertiary/aromatic N) is 1. The molecule has 0 bridgehead atoms. The Bertz CT molecular complexity index is 119. The molecule has 0 spiro atoms. The molecular formula is C9H20N2O. The molecule has 1 saturated heterocycles. The largest absolute Gasteiger partial charge is 0.374 e. The van der Waals surface area contributed by atoms with E-state index >= 15 is 0 Å². The molecule has 0 radical (unpaired) electrons. The Hall–Kier alpha value is -0.120. The van der Waals surface area contributed by atoms with Gasteiger partial charge in [0.1, 0.15) is 0 Å². The minimum atomic E-state index is 0.398. The smallest absolute Gasteiger partial charge is 0.0826 e. The van der Waals surface area contributed by atoms with Crippen LogP contribution in [0.2, 0.25) is 0 Å². The van der Waals surface area contributed by atoms with Gasteiger partial charge in [-0.1, -0.05) is 6.92 Å². The van der Waals surface area contributed by atoms with Gasteiger partial charge < -0.3 is 15.0 Å². The van der Waals surface area contributed by atoms with Crippen LogP contribution >= 0.6 is 0 Å². The van der Waals surface area contributed by atoms with Crippen LogP contribution in [0.15, 0.2) is 0 Å². The molecular weight excluding hydrogens is 152 g/mol. The maximum atomic E-state index is 5.59. The summed E-state index contributed by atoms with van der Waals surface area (Å²) >= 11 is 0. The molecule has 1 N–H and O–H groups in total. The minimum absolute atomic E-state index is 0.398. The summed E-state index contributed by atoms with van der Waals surface area (Å²) in [5, 5.41) is 3.37. The highest BCUT2D eigenvalue weighted by atomic mass is 16.5. The molecule has 0 amide bonds. The number of rotatable bonds is 4. The predicted molar refractivity (Wildman–Crippen MR) is 50.4 cm³/mol. The van der Waals surface area contributed by atoms with Crippen molar-refractivity contribution in [1.82, 2.24) is 10.2 Å². The molecule has 3 nitrogen and oxygen atoms in total. The van der Waals surface area contributed by atoms with E-state index in [-0.39, 0.29) is 0 Å². The van der Waals surface area contributed by atoms with Crippen molar-refractivity contribution < 1.29 is 4.74 Å². The number of ether oxygens (including phenoxy) is 1. The molecule has 1 aliphatic rings. The van der Waals surface area contributed by atoms with E-state index in [9.17, 15) is 0 Å². The molecule has 0 aromatic heterocycles. The van der Waals surface area contributed by atoms with Gasteiger partial charge in [0.05, 0.1) is 12.7 Å². The molecule has 1 rings (SSSR count). The molecule has 1 heterocycles. The van der Waals surface area contributed by atoms with E-state index < -0.39 is 0 Å². The first-order chi connectivity index (χ1) is 5.83. The van der Waals surface area contributed by atoms with Crippen LogP contribution in [-0.4, -0.2) is 50.8 Å². The summed E-state index contributed by atoms with van der Waals surface area (Å²) < 4.78 is 5.59. The van der Waals surface area contributed by atoms with Crippen LogP contribution in [0.4, 0.5) is 0 Å². The Morgan fingerprint density at radius 1 is 1.58 bits per heavy atom. The molecule has 0 unspecified atom stereocenters. The Morgan fingerprint density at radius 2 is 2.42 bits per heavy atom.